The highest BCUT2D eigenvalue weighted by Crippen LogP contribution is 2.24. The van der Waals surface area contributed by atoms with Gasteiger partial charge in [-0.15, -0.1) is 11.3 Å². The van der Waals surface area contributed by atoms with E-state index in [0.717, 1.165) is 11.3 Å². The highest BCUT2D eigenvalue weighted by Gasteiger charge is 2.28. The van der Waals surface area contributed by atoms with Crippen molar-refractivity contribution in [2.75, 3.05) is 13.1 Å². The lowest BCUT2D eigenvalue weighted by atomic mass is 9.98. The highest BCUT2D eigenvalue weighted by molar-refractivity contribution is 7.13. The Morgan fingerprint density at radius 2 is 2.36 bits per heavy atom. The van der Waals surface area contributed by atoms with Crippen LogP contribution in [0.25, 0.3) is 10.8 Å². The molecule has 0 radical (unpaired) electrons. The Morgan fingerprint density at radius 3 is 3.09 bits per heavy atom. The maximum Gasteiger partial charge on any atom is 0.308 e. The first-order chi connectivity index (χ1) is 10.6. The minimum Gasteiger partial charge on any atom is -0.481 e. The summed E-state index contributed by atoms with van der Waals surface area (Å²) >= 11 is 1.52. The van der Waals surface area contributed by atoms with E-state index in [0.29, 0.717) is 24.6 Å². The van der Waals surface area contributed by atoms with Crippen LogP contribution in [0, 0.1) is 5.92 Å². The van der Waals surface area contributed by atoms with Crippen LogP contribution in [0.5, 0.6) is 0 Å². The van der Waals surface area contributed by atoms with Crippen LogP contribution in [0.15, 0.2) is 28.2 Å². The number of rotatable bonds is 4. The summed E-state index contributed by atoms with van der Waals surface area (Å²) in [5, 5.41) is 11.0. The quantitative estimate of drug-likeness (QED) is 0.934. The van der Waals surface area contributed by atoms with Crippen molar-refractivity contribution in [3.8, 4) is 10.8 Å². The average Bonchev–Trinajstić information content (AvgIpc) is 3.18. The molecule has 1 N–H and O–H groups in total. The Bertz CT molecular complexity index is 665. The van der Waals surface area contributed by atoms with Crippen LogP contribution in [-0.4, -0.2) is 40.0 Å². The molecule has 0 aromatic carbocycles. The molecule has 0 aliphatic carbocycles. The lowest BCUT2D eigenvalue weighted by Gasteiger charge is -2.30. The molecule has 6 nitrogen and oxygen atoms in total. The van der Waals surface area contributed by atoms with Gasteiger partial charge in [0.2, 0.25) is 11.8 Å². The van der Waals surface area contributed by atoms with Crippen molar-refractivity contribution in [2.24, 2.45) is 5.92 Å². The number of carbonyl (C=O) groups is 2. The smallest absolute Gasteiger partial charge is 0.308 e. The number of carboxylic acid groups (broad SMARTS) is 1. The second-order valence-corrected chi connectivity index (χ2v) is 6.26. The van der Waals surface area contributed by atoms with Gasteiger partial charge in [0.15, 0.2) is 0 Å². The number of hydrogen-bond acceptors (Lipinski definition) is 5. The molecule has 0 spiro atoms. The number of oxazole rings is 1. The largest absolute Gasteiger partial charge is 0.481 e. The number of likely N-dealkylation sites (tertiary alicyclic amines) is 1. The summed E-state index contributed by atoms with van der Waals surface area (Å²) < 4.78 is 5.39. The van der Waals surface area contributed by atoms with Crippen LogP contribution in [0.1, 0.15) is 18.5 Å². The number of amides is 1. The topological polar surface area (TPSA) is 83.6 Å². The zero-order chi connectivity index (χ0) is 15.5. The number of hydrogen-bond donors (Lipinski definition) is 1. The van der Waals surface area contributed by atoms with Gasteiger partial charge >= 0.3 is 5.97 Å². The predicted molar refractivity (Wildman–Crippen MR) is 80.5 cm³/mol. The van der Waals surface area contributed by atoms with Crippen LogP contribution in [0.3, 0.4) is 0 Å². The van der Waals surface area contributed by atoms with Crippen molar-refractivity contribution in [3.05, 3.63) is 29.5 Å². The van der Waals surface area contributed by atoms with E-state index in [1.165, 1.54) is 17.6 Å². The fourth-order valence-corrected chi connectivity index (χ4v) is 3.23. The minimum atomic E-state index is -0.834. The van der Waals surface area contributed by atoms with E-state index >= 15 is 0 Å². The predicted octanol–water partition coefficient (Wildman–Crippen LogP) is 2.27. The summed E-state index contributed by atoms with van der Waals surface area (Å²) in [6, 6.07) is 3.82. The maximum absolute atomic E-state index is 12.3. The molecule has 1 aliphatic rings. The highest BCUT2D eigenvalue weighted by atomic mass is 32.1. The first-order valence-electron chi connectivity index (χ1n) is 7.12. The number of carbonyl (C=O) groups excluding carboxylic acids is 1. The Kier molecular flexibility index (Phi) is 4.24. The molecule has 1 amide bonds. The molecule has 3 rings (SSSR count). The van der Waals surface area contributed by atoms with Gasteiger partial charge in [-0.05, 0) is 24.3 Å². The molecular weight excluding hydrogens is 304 g/mol. The van der Waals surface area contributed by atoms with Gasteiger partial charge in [-0.2, -0.15) is 0 Å². The third-order valence-corrected chi connectivity index (χ3v) is 4.60. The van der Waals surface area contributed by atoms with E-state index in [1.807, 2.05) is 17.5 Å². The molecule has 22 heavy (non-hydrogen) atoms. The molecule has 2 aromatic rings. The van der Waals surface area contributed by atoms with Crippen molar-refractivity contribution >= 4 is 23.2 Å². The lowest BCUT2D eigenvalue weighted by Crippen LogP contribution is -2.43. The van der Waals surface area contributed by atoms with Crippen molar-refractivity contribution in [1.82, 2.24) is 9.88 Å². The molecule has 1 unspecified atom stereocenters. The van der Waals surface area contributed by atoms with Gasteiger partial charge in [0.25, 0.3) is 0 Å². The number of nitrogens with zero attached hydrogens (tertiary/aromatic N) is 2. The standard InChI is InChI=1S/C15H16N2O4S/c18-13(17-5-1-3-10(8-17)15(19)20)7-11-9-21-14(16-11)12-4-2-6-22-12/h2,4,6,9-10H,1,3,5,7-8H2,(H,19,20). The number of aliphatic carboxylic acids is 1. The summed E-state index contributed by atoms with van der Waals surface area (Å²) in [6.45, 7) is 0.891. The molecule has 3 heterocycles. The summed E-state index contributed by atoms with van der Waals surface area (Å²) in [7, 11) is 0. The van der Waals surface area contributed by atoms with Gasteiger partial charge in [0, 0.05) is 13.1 Å². The Labute approximate surface area is 131 Å². The van der Waals surface area contributed by atoms with Crippen molar-refractivity contribution < 1.29 is 19.1 Å². The third kappa shape index (κ3) is 3.19. The van der Waals surface area contributed by atoms with E-state index in [1.54, 1.807) is 4.90 Å². The second-order valence-electron chi connectivity index (χ2n) is 5.32. The van der Waals surface area contributed by atoms with Gasteiger partial charge in [-0.25, -0.2) is 4.98 Å². The van der Waals surface area contributed by atoms with Gasteiger partial charge in [0.05, 0.1) is 22.9 Å². The minimum absolute atomic E-state index is 0.100. The van der Waals surface area contributed by atoms with Crippen molar-refractivity contribution in [2.45, 2.75) is 19.3 Å². The van der Waals surface area contributed by atoms with Gasteiger partial charge in [0.1, 0.15) is 6.26 Å². The second kappa shape index (κ2) is 6.31. The lowest BCUT2D eigenvalue weighted by molar-refractivity contribution is -0.145. The van der Waals surface area contributed by atoms with Crippen molar-refractivity contribution in [3.63, 3.8) is 0 Å². The van der Waals surface area contributed by atoms with Gasteiger partial charge in [-0.1, -0.05) is 6.07 Å². The van der Waals surface area contributed by atoms with E-state index in [-0.39, 0.29) is 18.9 Å². The van der Waals surface area contributed by atoms with E-state index in [9.17, 15) is 9.59 Å². The molecule has 1 fully saturated rings. The van der Waals surface area contributed by atoms with Crippen molar-refractivity contribution in [1.29, 1.82) is 0 Å². The van der Waals surface area contributed by atoms with Crippen LogP contribution < -0.4 is 0 Å². The normalized spacial score (nSPS) is 18.4. The fourth-order valence-electron chi connectivity index (χ4n) is 2.57. The Hall–Kier alpha value is -2.15. The first-order valence-corrected chi connectivity index (χ1v) is 8.00. The summed E-state index contributed by atoms with van der Waals surface area (Å²) in [5.41, 5.74) is 0.575. The number of piperidine rings is 1. The molecule has 1 saturated heterocycles. The van der Waals surface area contributed by atoms with Gasteiger partial charge in [-0.3, -0.25) is 9.59 Å². The summed E-state index contributed by atoms with van der Waals surface area (Å²) in [4.78, 5) is 30.2. The zero-order valence-corrected chi connectivity index (χ0v) is 12.7. The van der Waals surface area contributed by atoms with Crippen LogP contribution in [-0.2, 0) is 16.0 Å². The molecule has 0 saturated carbocycles. The zero-order valence-electron chi connectivity index (χ0n) is 11.9. The summed E-state index contributed by atoms with van der Waals surface area (Å²) in [6.07, 6.45) is 2.99. The number of thiophene rings is 1. The molecule has 1 atom stereocenters. The van der Waals surface area contributed by atoms with Crippen LogP contribution in [0.2, 0.25) is 0 Å². The number of aromatic nitrogens is 1. The van der Waals surface area contributed by atoms with Gasteiger partial charge < -0.3 is 14.4 Å². The Balaban J connectivity index is 1.63. The van der Waals surface area contributed by atoms with E-state index < -0.39 is 11.9 Å². The molecule has 0 bridgehead atoms. The molecular formula is C15H16N2O4S. The Morgan fingerprint density at radius 1 is 1.50 bits per heavy atom. The SMILES string of the molecule is O=C(O)C1CCCN(C(=O)Cc2coc(-c3cccs3)n2)C1. The molecule has 7 heteroatoms. The fraction of sp³-hybridized carbons (Fsp3) is 0.400. The monoisotopic (exact) mass is 320 g/mol. The van der Waals surface area contributed by atoms with Crippen LogP contribution in [0.4, 0.5) is 0 Å². The average molecular weight is 320 g/mol. The molecule has 1 aliphatic heterocycles. The number of carboxylic acids is 1. The first kappa shape index (κ1) is 14.8. The van der Waals surface area contributed by atoms with E-state index in [4.69, 9.17) is 9.52 Å². The maximum atomic E-state index is 12.3. The van der Waals surface area contributed by atoms with Crippen LogP contribution >= 0.6 is 11.3 Å². The molecule has 2 aromatic heterocycles. The summed E-state index contributed by atoms with van der Waals surface area (Å²) in [5.74, 6) is -0.882. The molecule has 116 valence electrons. The third-order valence-electron chi connectivity index (χ3n) is 3.74. The van der Waals surface area contributed by atoms with E-state index in [2.05, 4.69) is 4.98 Å².